The molecule has 4 N–H and O–H groups in total. The number of hydrogen-bond acceptors (Lipinski definition) is 4. The Morgan fingerprint density at radius 3 is 2.74 bits per heavy atom. The maximum atomic E-state index is 14.0. The number of halogens is 1. The Morgan fingerprint density at radius 1 is 1.39 bits per heavy atom. The van der Waals surface area contributed by atoms with Crippen molar-refractivity contribution in [1.82, 2.24) is 10.6 Å². The first-order valence-corrected chi connectivity index (χ1v) is 7.68. The van der Waals surface area contributed by atoms with Gasteiger partial charge in [0.1, 0.15) is 0 Å². The van der Waals surface area contributed by atoms with Crippen molar-refractivity contribution in [1.29, 1.82) is 0 Å². The predicted molar refractivity (Wildman–Crippen MR) is 83.2 cm³/mol. The summed E-state index contributed by atoms with van der Waals surface area (Å²) in [6, 6.07) is 4.26. The minimum atomic E-state index is -0.444. The van der Waals surface area contributed by atoms with Gasteiger partial charge in [0.15, 0.2) is 11.6 Å². The van der Waals surface area contributed by atoms with E-state index < -0.39 is 11.7 Å². The van der Waals surface area contributed by atoms with Crippen LogP contribution in [0.15, 0.2) is 18.2 Å². The third kappa shape index (κ3) is 5.52. The minimum Gasteiger partial charge on any atom is -0.490 e. The number of nitrogens with one attached hydrogen (secondary N) is 2. The molecule has 0 aromatic heterocycles. The molecule has 1 aliphatic carbocycles. The average molecular weight is 323 g/mol. The Bertz CT molecular complexity index is 576. The van der Waals surface area contributed by atoms with E-state index >= 15 is 0 Å². The van der Waals surface area contributed by atoms with E-state index in [4.69, 9.17) is 10.5 Å². The predicted octanol–water partition coefficient (Wildman–Crippen LogP) is 0.867. The van der Waals surface area contributed by atoms with Gasteiger partial charge in [-0.15, -0.1) is 0 Å². The van der Waals surface area contributed by atoms with Gasteiger partial charge in [0.25, 0.3) is 0 Å². The van der Waals surface area contributed by atoms with Crippen molar-refractivity contribution >= 4 is 11.8 Å². The number of benzene rings is 1. The highest BCUT2D eigenvalue weighted by Gasteiger charge is 2.22. The number of nitrogens with two attached hydrogens (primary N) is 1. The van der Waals surface area contributed by atoms with E-state index in [2.05, 4.69) is 10.6 Å². The van der Waals surface area contributed by atoms with E-state index in [-0.39, 0.29) is 30.8 Å². The highest BCUT2D eigenvalue weighted by molar-refractivity contribution is 5.85. The molecule has 1 unspecified atom stereocenters. The van der Waals surface area contributed by atoms with Gasteiger partial charge < -0.3 is 21.1 Å². The second-order valence-electron chi connectivity index (χ2n) is 5.71. The summed E-state index contributed by atoms with van der Waals surface area (Å²) in [7, 11) is 0. The zero-order valence-corrected chi connectivity index (χ0v) is 13.1. The smallest absolute Gasteiger partial charge is 0.239 e. The van der Waals surface area contributed by atoms with Crippen LogP contribution in [0.1, 0.15) is 31.4 Å². The van der Waals surface area contributed by atoms with Gasteiger partial charge in [0.2, 0.25) is 11.8 Å². The lowest BCUT2D eigenvalue weighted by Gasteiger charge is -2.16. The average Bonchev–Trinajstić information content (AvgIpc) is 3.35. The molecule has 1 saturated carbocycles. The molecule has 0 saturated heterocycles. The Hall–Kier alpha value is -2.15. The van der Waals surface area contributed by atoms with Crippen LogP contribution in [0.3, 0.4) is 0 Å². The summed E-state index contributed by atoms with van der Waals surface area (Å²) < 4.78 is 19.4. The third-order valence-corrected chi connectivity index (χ3v) is 3.64. The first-order valence-electron chi connectivity index (χ1n) is 7.68. The van der Waals surface area contributed by atoms with Crippen LogP contribution >= 0.6 is 0 Å². The molecule has 1 atom stereocenters. The summed E-state index contributed by atoms with van der Waals surface area (Å²) >= 11 is 0. The largest absolute Gasteiger partial charge is 0.490 e. The highest BCUT2D eigenvalue weighted by Crippen LogP contribution is 2.30. The Kier molecular flexibility index (Phi) is 5.92. The number of hydrogen-bond donors (Lipinski definition) is 3. The van der Waals surface area contributed by atoms with E-state index in [0.29, 0.717) is 18.1 Å². The molecule has 0 aliphatic heterocycles. The number of carbonyl (C=O) groups is 2. The Balaban J connectivity index is 1.85. The SMILES string of the molecule is CC(NC(=O)CNC(=O)CN)c1ccc(OCC2CC2)c(F)c1. The highest BCUT2D eigenvalue weighted by atomic mass is 19.1. The molecule has 126 valence electrons. The van der Waals surface area contributed by atoms with Crippen LogP contribution in [0.25, 0.3) is 0 Å². The molecule has 2 rings (SSSR count). The second-order valence-corrected chi connectivity index (χ2v) is 5.71. The summed E-state index contributed by atoms with van der Waals surface area (Å²) in [5.41, 5.74) is 5.76. The van der Waals surface area contributed by atoms with Gasteiger partial charge >= 0.3 is 0 Å². The van der Waals surface area contributed by atoms with Gasteiger partial charge in [-0.25, -0.2) is 4.39 Å². The van der Waals surface area contributed by atoms with Crippen molar-refractivity contribution in [3.63, 3.8) is 0 Å². The summed E-state index contributed by atoms with van der Waals surface area (Å²) in [5, 5.41) is 5.05. The standard InChI is InChI=1S/C16H22FN3O3/c1-10(20-16(22)8-19-15(21)7-18)12-4-5-14(13(17)6-12)23-9-11-2-3-11/h4-6,10-11H,2-3,7-9,18H2,1H3,(H,19,21)(H,20,22). The molecule has 1 aromatic rings. The van der Waals surface area contributed by atoms with Crippen LogP contribution in [-0.4, -0.2) is 31.5 Å². The molecule has 6 nitrogen and oxygen atoms in total. The van der Waals surface area contributed by atoms with E-state index in [1.165, 1.54) is 6.07 Å². The lowest BCUT2D eigenvalue weighted by Crippen LogP contribution is -2.40. The van der Waals surface area contributed by atoms with Crippen molar-refractivity contribution in [2.75, 3.05) is 19.7 Å². The molecule has 0 radical (unpaired) electrons. The number of ether oxygens (including phenoxy) is 1. The molecule has 2 amide bonds. The van der Waals surface area contributed by atoms with Gasteiger partial charge in [-0.05, 0) is 43.4 Å². The molecule has 23 heavy (non-hydrogen) atoms. The third-order valence-electron chi connectivity index (χ3n) is 3.64. The molecule has 0 bridgehead atoms. The quantitative estimate of drug-likeness (QED) is 0.662. The minimum absolute atomic E-state index is 0.161. The summed E-state index contributed by atoms with van der Waals surface area (Å²) in [4.78, 5) is 22.7. The molecular formula is C16H22FN3O3. The zero-order chi connectivity index (χ0) is 16.8. The molecule has 1 aromatic carbocycles. The van der Waals surface area contributed by atoms with Crippen molar-refractivity contribution in [2.24, 2.45) is 11.7 Å². The van der Waals surface area contributed by atoms with Crippen LogP contribution in [0, 0.1) is 11.7 Å². The molecular weight excluding hydrogens is 301 g/mol. The van der Waals surface area contributed by atoms with Crippen molar-refractivity contribution < 1.29 is 18.7 Å². The van der Waals surface area contributed by atoms with Gasteiger partial charge in [-0.1, -0.05) is 6.07 Å². The van der Waals surface area contributed by atoms with Crippen molar-refractivity contribution in [3.8, 4) is 5.75 Å². The van der Waals surface area contributed by atoms with E-state index in [0.717, 1.165) is 12.8 Å². The Morgan fingerprint density at radius 2 is 2.13 bits per heavy atom. The van der Waals surface area contributed by atoms with Gasteiger partial charge in [0.05, 0.1) is 25.7 Å². The molecule has 0 heterocycles. The van der Waals surface area contributed by atoms with E-state index in [1.807, 2.05) is 0 Å². The topological polar surface area (TPSA) is 93.5 Å². The fourth-order valence-corrected chi connectivity index (χ4v) is 2.02. The first kappa shape index (κ1) is 17.2. The van der Waals surface area contributed by atoms with Gasteiger partial charge in [-0.3, -0.25) is 9.59 Å². The molecule has 1 fully saturated rings. The number of rotatable bonds is 8. The van der Waals surface area contributed by atoms with Crippen LogP contribution < -0.4 is 21.1 Å². The molecule has 0 spiro atoms. The van der Waals surface area contributed by atoms with Crippen molar-refractivity contribution in [2.45, 2.75) is 25.8 Å². The van der Waals surface area contributed by atoms with Gasteiger partial charge in [-0.2, -0.15) is 0 Å². The summed E-state index contributed by atoms with van der Waals surface area (Å²) in [6.07, 6.45) is 2.28. The fraction of sp³-hybridized carbons (Fsp3) is 0.500. The first-order chi connectivity index (χ1) is 11.0. The van der Waals surface area contributed by atoms with Crippen molar-refractivity contribution in [3.05, 3.63) is 29.6 Å². The van der Waals surface area contributed by atoms with Crippen LogP contribution in [0.4, 0.5) is 4.39 Å². The second kappa shape index (κ2) is 7.92. The summed E-state index contributed by atoms with van der Waals surface area (Å²) in [5.74, 6) is -0.434. The number of amides is 2. The molecule has 1 aliphatic rings. The van der Waals surface area contributed by atoms with Crippen LogP contribution in [0.5, 0.6) is 5.75 Å². The maximum Gasteiger partial charge on any atom is 0.239 e. The monoisotopic (exact) mass is 323 g/mol. The van der Waals surface area contributed by atoms with Gasteiger partial charge in [0, 0.05) is 0 Å². The summed E-state index contributed by atoms with van der Waals surface area (Å²) in [6.45, 7) is 1.95. The lowest BCUT2D eigenvalue weighted by molar-refractivity contribution is -0.125. The molecule has 7 heteroatoms. The maximum absolute atomic E-state index is 14.0. The van der Waals surface area contributed by atoms with E-state index in [1.54, 1.807) is 19.1 Å². The number of carbonyl (C=O) groups excluding carboxylic acids is 2. The fourth-order valence-electron chi connectivity index (χ4n) is 2.02. The lowest BCUT2D eigenvalue weighted by atomic mass is 10.1. The van der Waals surface area contributed by atoms with Crippen LogP contribution in [-0.2, 0) is 9.59 Å². The Labute approximate surface area is 134 Å². The zero-order valence-electron chi connectivity index (χ0n) is 13.1. The van der Waals surface area contributed by atoms with E-state index in [9.17, 15) is 14.0 Å². The van der Waals surface area contributed by atoms with Crippen LogP contribution in [0.2, 0.25) is 0 Å². The normalized spacial score (nSPS) is 14.9.